The number of hydrogen-bond donors (Lipinski definition) is 1. The lowest BCUT2D eigenvalue weighted by Crippen LogP contribution is -2.30. The molecule has 3 heterocycles. The number of halogens is 1. The van der Waals surface area contributed by atoms with Gasteiger partial charge in [0.2, 0.25) is 5.91 Å². The molecule has 0 unspecified atom stereocenters. The van der Waals surface area contributed by atoms with Crippen LogP contribution in [0, 0.1) is 5.92 Å². The first-order chi connectivity index (χ1) is 17.0. The van der Waals surface area contributed by atoms with Crippen LogP contribution < -0.4 is 5.32 Å². The number of nitrogens with zero attached hydrogens (tertiary/aromatic N) is 2. The van der Waals surface area contributed by atoms with Crippen LogP contribution in [0.5, 0.6) is 0 Å². The van der Waals surface area contributed by atoms with Crippen LogP contribution >= 0.6 is 39.9 Å². The molecule has 5 rings (SSSR count). The number of amides is 2. The molecule has 35 heavy (non-hydrogen) atoms. The highest BCUT2D eigenvalue weighted by Gasteiger charge is 2.32. The molecule has 1 aliphatic heterocycles. The minimum atomic E-state index is -0.119. The average Bonchev–Trinajstić information content (AvgIpc) is 3.63. The first kappa shape index (κ1) is 24.3. The van der Waals surface area contributed by atoms with E-state index in [0.717, 1.165) is 27.4 Å². The third kappa shape index (κ3) is 5.57. The molecule has 0 atom stereocenters. The number of thioether (sulfide) groups is 1. The van der Waals surface area contributed by atoms with E-state index in [1.807, 2.05) is 41.1 Å². The van der Waals surface area contributed by atoms with Gasteiger partial charge in [0.05, 0.1) is 17.7 Å². The highest BCUT2D eigenvalue weighted by Crippen LogP contribution is 2.36. The largest absolute Gasteiger partial charge is 0.467 e. The van der Waals surface area contributed by atoms with E-state index in [1.165, 1.54) is 37.4 Å². The molecule has 9 heteroatoms. The molecule has 0 spiro atoms. The van der Waals surface area contributed by atoms with Gasteiger partial charge in [-0.25, -0.2) is 0 Å². The van der Waals surface area contributed by atoms with Crippen molar-refractivity contribution < 1.29 is 14.0 Å². The van der Waals surface area contributed by atoms with Crippen molar-refractivity contribution in [1.82, 2.24) is 14.8 Å². The third-order valence-corrected chi connectivity index (χ3v) is 8.49. The Bertz CT molecular complexity index is 1290. The molecule has 1 N–H and O–H groups in total. The summed E-state index contributed by atoms with van der Waals surface area (Å²) in [6.07, 6.45) is 11.5. The van der Waals surface area contributed by atoms with Crippen molar-refractivity contribution in [3.63, 3.8) is 0 Å². The number of thiocarbonyl (C=S) groups is 1. The van der Waals surface area contributed by atoms with E-state index in [4.69, 9.17) is 16.6 Å². The highest BCUT2D eigenvalue weighted by molar-refractivity contribution is 9.10. The molecule has 0 bridgehead atoms. The molecule has 182 valence electrons. The van der Waals surface area contributed by atoms with Crippen molar-refractivity contribution in [2.24, 2.45) is 5.92 Å². The van der Waals surface area contributed by atoms with Gasteiger partial charge >= 0.3 is 0 Å². The molecule has 1 aromatic carbocycles. The minimum Gasteiger partial charge on any atom is -0.467 e. The van der Waals surface area contributed by atoms with Gasteiger partial charge < -0.3 is 14.3 Å². The molecule has 3 aromatic rings. The molecule has 1 saturated carbocycles. The molecule has 1 saturated heterocycles. The zero-order valence-corrected chi connectivity index (χ0v) is 22.4. The smallest absolute Gasteiger partial charge is 0.266 e. The van der Waals surface area contributed by atoms with Gasteiger partial charge in [0.1, 0.15) is 16.6 Å². The van der Waals surface area contributed by atoms with Gasteiger partial charge in [0, 0.05) is 33.7 Å². The van der Waals surface area contributed by atoms with Crippen molar-refractivity contribution in [3.05, 3.63) is 63.5 Å². The summed E-state index contributed by atoms with van der Waals surface area (Å²) in [6, 6.07) is 9.56. The first-order valence-corrected chi connectivity index (χ1v) is 13.8. The number of rotatable bonds is 8. The Labute approximate surface area is 222 Å². The fourth-order valence-electron chi connectivity index (χ4n) is 4.80. The number of benzene rings is 1. The summed E-state index contributed by atoms with van der Waals surface area (Å²) < 4.78 is 8.76. The van der Waals surface area contributed by atoms with E-state index >= 15 is 0 Å². The molecule has 2 amide bonds. The molecule has 0 radical (unpaired) electrons. The van der Waals surface area contributed by atoms with Crippen LogP contribution in [0.3, 0.4) is 0 Å². The Morgan fingerprint density at radius 1 is 1.29 bits per heavy atom. The monoisotopic (exact) mass is 571 g/mol. The summed E-state index contributed by atoms with van der Waals surface area (Å²) in [5.74, 6) is 1.27. The fourth-order valence-corrected chi connectivity index (χ4v) is 6.46. The quantitative estimate of drug-likeness (QED) is 0.261. The van der Waals surface area contributed by atoms with Crippen LogP contribution in [0.4, 0.5) is 0 Å². The van der Waals surface area contributed by atoms with Gasteiger partial charge in [-0.1, -0.05) is 65.6 Å². The van der Waals surface area contributed by atoms with Crippen molar-refractivity contribution in [3.8, 4) is 0 Å². The van der Waals surface area contributed by atoms with Gasteiger partial charge in [0.25, 0.3) is 5.91 Å². The Kier molecular flexibility index (Phi) is 7.45. The van der Waals surface area contributed by atoms with Gasteiger partial charge in [0.15, 0.2) is 0 Å². The van der Waals surface area contributed by atoms with Crippen molar-refractivity contribution in [2.75, 3.05) is 6.54 Å². The number of nitrogens with one attached hydrogen (secondary N) is 1. The maximum Gasteiger partial charge on any atom is 0.266 e. The van der Waals surface area contributed by atoms with Crippen molar-refractivity contribution in [2.45, 2.75) is 45.2 Å². The van der Waals surface area contributed by atoms with Crippen LogP contribution in [0.25, 0.3) is 17.0 Å². The topological polar surface area (TPSA) is 67.5 Å². The lowest BCUT2D eigenvalue weighted by atomic mass is 10.0. The maximum atomic E-state index is 13.2. The van der Waals surface area contributed by atoms with E-state index < -0.39 is 0 Å². The molecule has 2 aromatic heterocycles. The van der Waals surface area contributed by atoms with E-state index in [1.54, 1.807) is 17.2 Å². The Hall–Kier alpha value is -2.36. The number of furan rings is 1. The van der Waals surface area contributed by atoms with Crippen LogP contribution in [0.2, 0.25) is 0 Å². The number of fused-ring (bicyclic) bond motifs is 1. The van der Waals surface area contributed by atoms with Crippen LogP contribution in [-0.4, -0.2) is 32.1 Å². The number of carbonyl (C=O) groups excluding carboxylic acids is 2. The van der Waals surface area contributed by atoms with E-state index in [-0.39, 0.29) is 18.4 Å². The number of carbonyl (C=O) groups is 2. The SMILES string of the molecule is O=C(Cn1cc(/C=C2\SC(=S)N(CCC3CCCC3)C2=O)c2cc(Br)ccc21)NCc1ccco1. The lowest BCUT2D eigenvalue weighted by Gasteiger charge is -2.17. The predicted molar refractivity (Wildman–Crippen MR) is 147 cm³/mol. The molecule has 1 aliphatic carbocycles. The normalized spacial score (nSPS) is 17.9. The number of aromatic nitrogens is 1. The second kappa shape index (κ2) is 10.7. The first-order valence-electron chi connectivity index (χ1n) is 11.8. The molecule has 2 aliphatic rings. The molecular formula is C26H26BrN3O3S2. The summed E-state index contributed by atoms with van der Waals surface area (Å²) in [5.41, 5.74) is 1.81. The van der Waals surface area contributed by atoms with Crippen molar-refractivity contribution in [1.29, 1.82) is 0 Å². The van der Waals surface area contributed by atoms with Gasteiger partial charge in [-0.05, 0) is 48.7 Å². The summed E-state index contributed by atoms with van der Waals surface area (Å²) in [5, 5.41) is 3.85. The Morgan fingerprint density at radius 2 is 2.11 bits per heavy atom. The molecular weight excluding hydrogens is 546 g/mol. The fraction of sp³-hybridized carbons (Fsp3) is 0.346. The Morgan fingerprint density at radius 3 is 2.89 bits per heavy atom. The highest BCUT2D eigenvalue weighted by atomic mass is 79.9. The third-order valence-electron chi connectivity index (χ3n) is 6.62. The summed E-state index contributed by atoms with van der Waals surface area (Å²) in [6.45, 7) is 1.19. The second-order valence-electron chi connectivity index (χ2n) is 9.00. The maximum absolute atomic E-state index is 13.2. The van der Waals surface area contributed by atoms with E-state index in [9.17, 15) is 9.59 Å². The van der Waals surface area contributed by atoms with E-state index in [0.29, 0.717) is 34.0 Å². The molecule has 6 nitrogen and oxygen atoms in total. The second-order valence-corrected chi connectivity index (χ2v) is 11.6. The minimum absolute atomic E-state index is 0.0231. The van der Waals surface area contributed by atoms with Crippen LogP contribution in [0.1, 0.15) is 43.4 Å². The van der Waals surface area contributed by atoms with E-state index in [2.05, 4.69) is 21.2 Å². The van der Waals surface area contributed by atoms with Gasteiger partial charge in [-0.15, -0.1) is 0 Å². The average molecular weight is 573 g/mol. The standard InChI is InChI=1S/C26H26BrN3O3S2/c27-19-7-8-22-21(13-19)18(15-29(22)16-24(31)28-14-20-6-3-11-33-20)12-23-25(32)30(26(34)35-23)10-9-17-4-1-2-5-17/h3,6-8,11-13,15,17H,1-2,4-5,9-10,14,16H2,(H,28,31)/b23-12-. The molecule has 2 fully saturated rings. The van der Waals surface area contributed by atoms with Crippen LogP contribution in [-0.2, 0) is 22.7 Å². The summed E-state index contributed by atoms with van der Waals surface area (Å²) in [4.78, 5) is 28.2. The summed E-state index contributed by atoms with van der Waals surface area (Å²) in [7, 11) is 0. The Balaban J connectivity index is 1.34. The summed E-state index contributed by atoms with van der Waals surface area (Å²) >= 11 is 10.5. The zero-order valence-electron chi connectivity index (χ0n) is 19.2. The van der Waals surface area contributed by atoms with Crippen LogP contribution in [0.15, 0.2) is 56.6 Å². The van der Waals surface area contributed by atoms with Gasteiger partial charge in [-0.3, -0.25) is 14.5 Å². The van der Waals surface area contributed by atoms with Gasteiger partial charge in [-0.2, -0.15) is 0 Å². The lowest BCUT2D eigenvalue weighted by molar-refractivity contribution is -0.122. The zero-order chi connectivity index (χ0) is 24.4. The number of hydrogen-bond acceptors (Lipinski definition) is 5. The predicted octanol–water partition coefficient (Wildman–Crippen LogP) is 6.09. The van der Waals surface area contributed by atoms with Crippen molar-refractivity contribution >= 4 is 73.0 Å².